The third kappa shape index (κ3) is 10.7. The van der Waals surface area contributed by atoms with E-state index in [9.17, 15) is 24.3 Å². The Morgan fingerprint density at radius 3 is 2.24 bits per heavy atom. The number of unbranched alkanes of at least 4 members (excludes halogenated alkanes) is 1. The molecule has 0 aliphatic carbocycles. The van der Waals surface area contributed by atoms with Gasteiger partial charge in [0.15, 0.2) is 11.5 Å². The highest BCUT2D eigenvalue weighted by Gasteiger charge is 2.28. The van der Waals surface area contributed by atoms with Crippen LogP contribution in [0.15, 0.2) is 83.6 Å². The maximum absolute atomic E-state index is 14.1. The molecule has 0 bridgehead atoms. The van der Waals surface area contributed by atoms with Crippen LogP contribution in [-0.2, 0) is 34.0 Å². The second kappa shape index (κ2) is 17.9. The van der Waals surface area contributed by atoms with E-state index < -0.39 is 30.1 Å². The molecule has 2 atom stereocenters. The molecule has 12 nitrogen and oxygen atoms in total. The number of alkyl carbamates (subject to hydrolysis) is 1. The van der Waals surface area contributed by atoms with Gasteiger partial charge in [-0.3, -0.25) is 9.59 Å². The average Bonchev–Trinajstić information content (AvgIpc) is 3.90. The van der Waals surface area contributed by atoms with Gasteiger partial charge in [0.1, 0.15) is 12.6 Å². The molecule has 3 heterocycles. The number of carbonyl (C=O) groups excluding carboxylic acids is 3. The van der Waals surface area contributed by atoms with Gasteiger partial charge in [-0.2, -0.15) is 0 Å². The van der Waals surface area contributed by atoms with Crippen molar-refractivity contribution in [3.05, 3.63) is 104 Å². The zero-order valence-corrected chi connectivity index (χ0v) is 28.3. The third-order valence-electron chi connectivity index (χ3n) is 7.73. The number of nitrogens with zero attached hydrogens (tertiary/aromatic N) is 1. The zero-order valence-electron chi connectivity index (χ0n) is 26.7. The Balaban J connectivity index is 1.20. The zero-order chi connectivity index (χ0) is 34.4. The number of thiophene rings is 2. The first-order chi connectivity index (χ1) is 23.9. The summed E-state index contributed by atoms with van der Waals surface area (Å²) in [6, 6.07) is 20.4. The Morgan fingerprint density at radius 2 is 1.57 bits per heavy atom. The largest absolute Gasteiger partial charge is 0.481 e. The van der Waals surface area contributed by atoms with Crippen LogP contribution in [0, 0.1) is 0 Å². The van der Waals surface area contributed by atoms with Crippen LogP contribution in [0.1, 0.15) is 46.1 Å². The fraction of sp³-hybridized carbons (Fsp3) is 0.314. The lowest BCUT2D eigenvalue weighted by Crippen LogP contribution is -2.51. The quantitative estimate of drug-likeness (QED) is 0.102. The normalized spacial score (nSPS) is 12.8. The van der Waals surface area contributed by atoms with E-state index in [1.807, 2.05) is 65.4 Å². The number of amides is 4. The molecule has 14 heteroatoms. The predicted octanol–water partition coefficient (Wildman–Crippen LogP) is 5.70. The maximum atomic E-state index is 14.1. The second-order valence-corrected chi connectivity index (χ2v) is 13.3. The van der Waals surface area contributed by atoms with Gasteiger partial charge in [-0.1, -0.05) is 48.5 Å². The number of benzene rings is 2. The highest BCUT2D eigenvalue weighted by atomic mass is 32.1. The molecule has 0 saturated carbocycles. The van der Waals surface area contributed by atoms with Crippen molar-refractivity contribution in [1.29, 1.82) is 0 Å². The number of hydrogen-bond donors (Lipinski definition) is 4. The standard InChI is InChI=1S/C35H38N4O8S2/c40-32(39(20-26-10-6-16-48-26)21-27-11-7-17-49-27)29(12-4-5-15-36-35(44)45-22-24-8-2-1-3-9-24)38-34(43)37-19-28(33(41)42)25-13-14-30-31(18-25)47-23-46-30/h1-3,6-11,13-14,16-18,28-29H,4-5,12,15,19-23H2,(H,36,44)(H,41,42)(H2,37,38,43)/t28?,29-/m1/s1. The van der Waals surface area contributed by atoms with Gasteiger partial charge in [0.05, 0.1) is 19.0 Å². The molecule has 0 spiro atoms. The van der Waals surface area contributed by atoms with Crippen molar-refractivity contribution >= 4 is 46.7 Å². The van der Waals surface area contributed by atoms with Crippen LogP contribution >= 0.6 is 22.7 Å². The summed E-state index contributed by atoms with van der Waals surface area (Å²) < 4.78 is 16.0. The van der Waals surface area contributed by atoms with Crippen LogP contribution in [0.2, 0.25) is 0 Å². The molecule has 1 aliphatic heterocycles. The molecule has 2 aromatic heterocycles. The number of carboxylic acids is 1. The SMILES string of the molecule is O=C(NCC(C(=O)O)c1ccc2c(c1)OCO2)N[C@H](CCCCNC(=O)OCc1ccccc1)C(=O)N(Cc1cccs1)Cc1cccs1. The van der Waals surface area contributed by atoms with Gasteiger partial charge >= 0.3 is 18.1 Å². The maximum Gasteiger partial charge on any atom is 0.407 e. The van der Waals surface area contributed by atoms with E-state index in [0.29, 0.717) is 56.0 Å². The van der Waals surface area contributed by atoms with E-state index >= 15 is 0 Å². The van der Waals surface area contributed by atoms with E-state index in [4.69, 9.17) is 14.2 Å². The molecule has 1 unspecified atom stereocenters. The van der Waals surface area contributed by atoms with Crippen LogP contribution in [0.5, 0.6) is 11.5 Å². The number of hydrogen-bond acceptors (Lipinski definition) is 9. The number of nitrogens with one attached hydrogen (secondary N) is 3. The summed E-state index contributed by atoms with van der Waals surface area (Å²) in [4.78, 5) is 55.4. The first-order valence-electron chi connectivity index (χ1n) is 15.8. The summed E-state index contributed by atoms with van der Waals surface area (Å²) in [6.07, 6.45) is 0.802. The van der Waals surface area contributed by atoms with Crippen LogP contribution in [0.4, 0.5) is 9.59 Å². The first kappa shape index (κ1) is 35.2. The lowest BCUT2D eigenvalue weighted by atomic mass is 9.98. The molecule has 1 aliphatic rings. The molecule has 49 heavy (non-hydrogen) atoms. The summed E-state index contributed by atoms with van der Waals surface area (Å²) in [5.74, 6) is -1.49. The van der Waals surface area contributed by atoms with Crippen molar-refractivity contribution in [1.82, 2.24) is 20.9 Å². The van der Waals surface area contributed by atoms with Gasteiger partial charge in [-0.25, -0.2) is 9.59 Å². The van der Waals surface area contributed by atoms with Crippen LogP contribution in [-0.4, -0.2) is 59.9 Å². The van der Waals surface area contributed by atoms with Crippen molar-refractivity contribution in [2.45, 2.75) is 50.9 Å². The highest BCUT2D eigenvalue weighted by Crippen LogP contribution is 2.34. The smallest absolute Gasteiger partial charge is 0.407 e. The number of aliphatic carboxylic acids is 1. The third-order valence-corrected chi connectivity index (χ3v) is 9.46. The van der Waals surface area contributed by atoms with Gasteiger partial charge < -0.3 is 40.2 Å². The Morgan fingerprint density at radius 1 is 0.857 bits per heavy atom. The van der Waals surface area contributed by atoms with Gasteiger partial charge in [0, 0.05) is 22.8 Å². The van der Waals surface area contributed by atoms with Crippen molar-refractivity contribution in [2.75, 3.05) is 19.9 Å². The molecule has 4 aromatic rings. The Hall–Kier alpha value is -5.08. The minimum Gasteiger partial charge on any atom is -0.481 e. The molecular formula is C35H38N4O8S2. The van der Waals surface area contributed by atoms with E-state index in [1.165, 1.54) is 0 Å². The molecule has 5 rings (SSSR count). The lowest BCUT2D eigenvalue weighted by molar-refractivity contribution is -0.138. The first-order valence-corrected chi connectivity index (χ1v) is 17.6. The summed E-state index contributed by atoms with van der Waals surface area (Å²) in [5.41, 5.74) is 1.32. The average molecular weight is 707 g/mol. The van der Waals surface area contributed by atoms with Crippen LogP contribution in [0.3, 0.4) is 0 Å². The number of fused-ring (bicyclic) bond motifs is 1. The molecule has 4 amide bonds. The summed E-state index contributed by atoms with van der Waals surface area (Å²) in [5, 5.41) is 22.0. The Bertz CT molecular complexity index is 1630. The molecule has 0 radical (unpaired) electrons. The summed E-state index contributed by atoms with van der Waals surface area (Å²) >= 11 is 3.08. The topological polar surface area (TPSA) is 156 Å². The summed E-state index contributed by atoms with van der Waals surface area (Å²) in [7, 11) is 0. The monoisotopic (exact) mass is 706 g/mol. The van der Waals surface area contributed by atoms with Crippen molar-refractivity contribution in [3.8, 4) is 11.5 Å². The van der Waals surface area contributed by atoms with E-state index in [2.05, 4.69) is 16.0 Å². The molecule has 0 fully saturated rings. The molecule has 258 valence electrons. The van der Waals surface area contributed by atoms with Gasteiger partial charge in [-0.05, 0) is 65.4 Å². The van der Waals surface area contributed by atoms with Crippen LogP contribution in [0.25, 0.3) is 0 Å². The fourth-order valence-corrected chi connectivity index (χ4v) is 6.63. The molecule has 2 aromatic carbocycles. The summed E-state index contributed by atoms with van der Waals surface area (Å²) in [6.45, 7) is 1.05. The van der Waals surface area contributed by atoms with Crippen molar-refractivity contribution in [2.24, 2.45) is 0 Å². The van der Waals surface area contributed by atoms with Gasteiger partial charge in [0.25, 0.3) is 0 Å². The minimum absolute atomic E-state index is 0.0526. The van der Waals surface area contributed by atoms with Crippen LogP contribution < -0.4 is 25.4 Å². The fourth-order valence-electron chi connectivity index (χ4n) is 5.19. The minimum atomic E-state index is -1.13. The predicted molar refractivity (Wildman–Crippen MR) is 185 cm³/mol. The second-order valence-electron chi connectivity index (χ2n) is 11.2. The van der Waals surface area contributed by atoms with E-state index in [1.54, 1.807) is 45.8 Å². The molecule has 4 N–H and O–H groups in total. The van der Waals surface area contributed by atoms with Crippen molar-refractivity contribution < 1.29 is 38.5 Å². The van der Waals surface area contributed by atoms with Crippen molar-refractivity contribution in [3.63, 3.8) is 0 Å². The number of rotatable bonds is 17. The Kier molecular flexibility index (Phi) is 12.9. The highest BCUT2D eigenvalue weighted by molar-refractivity contribution is 7.10. The number of carbonyl (C=O) groups is 4. The number of carboxylic acid groups (broad SMARTS) is 1. The number of ether oxygens (including phenoxy) is 3. The van der Waals surface area contributed by atoms with Gasteiger partial charge in [0.2, 0.25) is 12.7 Å². The van der Waals surface area contributed by atoms with E-state index in [-0.39, 0.29) is 25.9 Å². The van der Waals surface area contributed by atoms with Gasteiger partial charge in [-0.15, -0.1) is 22.7 Å². The lowest BCUT2D eigenvalue weighted by Gasteiger charge is -2.28. The Labute approximate surface area is 292 Å². The molecular weight excluding hydrogens is 669 g/mol. The van der Waals surface area contributed by atoms with E-state index in [0.717, 1.165) is 15.3 Å². The molecule has 0 saturated heterocycles. The number of urea groups is 1.